The van der Waals surface area contributed by atoms with Crippen LogP contribution in [0.3, 0.4) is 0 Å². The van der Waals surface area contributed by atoms with E-state index in [9.17, 15) is 19.5 Å². The Balaban J connectivity index is 2.59. The smallest absolute Gasteiger partial charge is 0.390 e. The van der Waals surface area contributed by atoms with Gasteiger partial charge in [0.15, 0.2) is 0 Å². The molecule has 0 N–H and O–H groups in total. The first-order valence-electron chi connectivity index (χ1n) is 5.15. The van der Waals surface area contributed by atoms with Gasteiger partial charge in [-0.1, -0.05) is 12.1 Å². The zero-order valence-electron chi connectivity index (χ0n) is 9.67. The Morgan fingerprint density at radius 3 is 2.44 bits per heavy atom. The van der Waals surface area contributed by atoms with Crippen LogP contribution < -0.4 is 4.74 Å². The molecule has 0 amide bonds. The summed E-state index contributed by atoms with van der Waals surface area (Å²) in [6.45, 7) is 1.11. The minimum Gasteiger partial charge on any atom is -0.465 e. The van der Waals surface area contributed by atoms with E-state index >= 15 is 0 Å². The lowest BCUT2D eigenvalue weighted by atomic mass is 10.2. The standard InChI is InChI=1S/C12H11O6/c1-8(13)17-7-6-11(14)18-10-5-3-2-4-9(10)12(15)16/h2-5H,6-7H2,1H3. The van der Waals surface area contributed by atoms with Crippen molar-refractivity contribution in [3.05, 3.63) is 29.8 Å². The maximum Gasteiger partial charge on any atom is 0.390 e. The number of carbonyl (C=O) groups is 3. The van der Waals surface area contributed by atoms with E-state index in [1.54, 1.807) is 0 Å². The van der Waals surface area contributed by atoms with Crippen LogP contribution in [-0.2, 0) is 19.4 Å². The van der Waals surface area contributed by atoms with E-state index in [-0.39, 0.29) is 24.3 Å². The van der Waals surface area contributed by atoms with E-state index in [2.05, 4.69) is 4.74 Å². The van der Waals surface area contributed by atoms with Crippen molar-refractivity contribution in [1.82, 2.24) is 0 Å². The van der Waals surface area contributed by atoms with Crippen LogP contribution in [0.15, 0.2) is 24.3 Å². The summed E-state index contributed by atoms with van der Waals surface area (Å²) in [6.07, 6.45) is -0.152. The third kappa shape index (κ3) is 4.25. The zero-order valence-corrected chi connectivity index (χ0v) is 9.67. The lowest BCUT2D eigenvalue weighted by Gasteiger charge is -2.06. The second-order valence-corrected chi connectivity index (χ2v) is 3.35. The van der Waals surface area contributed by atoms with Crippen LogP contribution in [0, 0.1) is 0 Å². The van der Waals surface area contributed by atoms with Crippen LogP contribution in [0.4, 0.5) is 0 Å². The molecule has 0 saturated heterocycles. The van der Waals surface area contributed by atoms with Crippen molar-refractivity contribution >= 4 is 17.9 Å². The number of esters is 2. The molecule has 6 nitrogen and oxygen atoms in total. The molecule has 1 aromatic rings. The third-order valence-corrected chi connectivity index (χ3v) is 1.94. The Morgan fingerprint density at radius 2 is 1.83 bits per heavy atom. The molecule has 0 atom stereocenters. The first-order valence-corrected chi connectivity index (χ1v) is 5.15. The monoisotopic (exact) mass is 251 g/mol. The van der Waals surface area contributed by atoms with Gasteiger partial charge in [-0.2, -0.15) is 0 Å². The van der Waals surface area contributed by atoms with Gasteiger partial charge < -0.3 is 9.47 Å². The highest BCUT2D eigenvalue weighted by Gasteiger charge is 2.15. The summed E-state index contributed by atoms with van der Waals surface area (Å²) in [5.74, 6) is -2.72. The molecule has 0 aliphatic heterocycles. The largest absolute Gasteiger partial charge is 0.465 e. The average molecular weight is 251 g/mol. The number of hydrogen-bond acceptors (Lipinski definition) is 5. The number of carbonyl (C=O) groups excluding carboxylic acids is 3. The Kier molecular flexibility index (Phi) is 4.86. The normalized spacial score (nSPS) is 9.61. The topological polar surface area (TPSA) is 89.6 Å². The van der Waals surface area contributed by atoms with Crippen LogP contribution in [0.25, 0.3) is 0 Å². The van der Waals surface area contributed by atoms with Gasteiger partial charge in [-0.25, -0.2) is 9.90 Å². The first kappa shape index (κ1) is 13.7. The number of rotatable bonds is 5. The lowest BCUT2D eigenvalue weighted by Crippen LogP contribution is -2.14. The SMILES string of the molecule is CC(=O)OCCC(=O)Oc1ccccc1C([O])=O. The molecule has 0 aliphatic carbocycles. The Bertz CT molecular complexity index is 465. The second kappa shape index (κ2) is 6.39. The Morgan fingerprint density at radius 1 is 1.17 bits per heavy atom. The van der Waals surface area contributed by atoms with E-state index in [1.165, 1.54) is 31.2 Å². The molecule has 6 heteroatoms. The van der Waals surface area contributed by atoms with Gasteiger partial charge in [-0.05, 0) is 12.1 Å². The third-order valence-electron chi connectivity index (χ3n) is 1.94. The van der Waals surface area contributed by atoms with Crippen LogP contribution >= 0.6 is 0 Å². The molecule has 0 heterocycles. The quantitative estimate of drug-likeness (QED) is 0.577. The molecule has 0 spiro atoms. The van der Waals surface area contributed by atoms with Gasteiger partial charge in [0.25, 0.3) is 0 Å². The first-order chi connectivity index (χ1) is 8.50. The van der Waals surface area contributed by atoms with E-state index < -0.39 is 17.9 Å². The Labute approximate surface area is 103 Å². The number of hydrogen-bond donors (Lipinski definition) is 0. The average Bonchev–Trinajstić information content (AvgIpc) is 2.28. The maximum atomic E-state index is 11.3. The molecule has 0 aromatic heterocycles. The molecule has 1 radical (unpaired) electrons. The van der Waals surface area contributed by atoms with Crippen molar-refractivity contribution in [2.24, 2.45) is 0 Å². The van der Waals surface area contributed by atoms with Crippen LogP contribution in [-0.4, -0.2) is 24.5 Å². The van der Waals surface area contributed by atoms with Gasteiger partial charge in [-0.15, -0.1) is 0 Å². The molecule has 0 unspecified atom stereocenters. The lowest BCUT2D eigenvalue weighted by molar-refractivity contribution is -0.143. The molecule has 1 rings (SSSR count). The van der Waals surface area contributed by atoms with Crippen molar-refractivity contribution in [3.63, 3.8) is 0 Å². The molecule has 0 fully saturated rings. The molecule has 95 valence electrons. The van der Waals surface area contributed by atoms with Crippen LogP contribution in [0.1, 0.15) is 23.7 Å². The van der Waals surface area contributed by atoms with Crippen LogP contribution in [0.5, 0.6) is 5.75 Å². The van der Waals surface area contributed by atoms with Gasteiger partial charge in [-0.3, -0.25) is 9.59 Å². The van der Waals surface area contributed by atoms with E-state index in [4.69, 9.17) is 4.74 Å². The number of benzene rings is 1. The summed E-state index contributed by atoms with van der Waals surface area (Å²) < 4.78 is 9.40. The summed E-state index contributed by atoms with van der Waals surface area (Å²) in [7, 11) is 0. The van der Waals surface area contributed by atoms with Gasteiger partial charge in [0.05, 0.1) is 6.42 Å². The zero-order chi connectivity index (χ0) is 13.5. The fourth-order valence-electron chi connectivity index (χ4n) is 1.18. The van der Waals surface area contributed by atoms with Crippen molar-refractivity contribution in [1.29, 1.82) is 0 Å². The van der Waals surface area contributed by atoms with Crippen LogP contribution in [0.2, 0.25) is 0 Å². The van der Waals surface area contributed by atoms with Crippen molar-refractivity contribution in [2.75, 3.05) is 6.61 Å². The molecule has 0 saturated carbocycles. The van der Waals surface area contributed by atoms with Crippen molar-refractivity contribution in [3.8, 4) is 5.75 Å². The predicted octanol–water partition coefficient (Wildman–Crippen LogP) is 1.12. The highest BCUT2D eigenvalue weighted by atomic mass is 16.5. The molecular weight excluding hydrogens is 240 g/mol. The van der Waals surface area contributed by atoms with Gasteiger partial charge in [0.1, 0.15) is 17.9 Å². The van der Waals surface area contributed by atoms with Crippen molar-refractivity contribution in [2.45, 2.75) is 13.3 Å². The number of ether oxygens (including phenoxy) is 2. The summed E-state index contributed by atoms with van der Waals surface area (Å²) in [4.78, 5) is 32.5. The summed E-state index contributed by atoms with van der Waals surface area (Å²) in [5, 5.41) is 10.7. The minimum absolute atomic E-state index is 0.0923. The molecule has 1 aromatic carbocycles. The van der Waals surface area contributed by atoms with Gasteiger partial charge in [0, 0.05) is 6.92 Å². The highest BCUT2D eigenvalue weighted by Crippen LogP contribution is 2.18. The molecular formula is C12H11O6. The fraction of sp³-hybridized carbons (Fsp3) is 0.250. The van der Waals surface area contributed by atoms with E-state index in [0.717, 1.165) is 0 Å². The molecule has 0 bridgehead atoms. The molecule has 18 heavy (non-hydrogen) atoms. The summed E-state index contributed by atoms with van der Waals surface area (Å²) >= 11 is 0. The van der Waals surface area contributed by atoms with E-state index in [1.807, 2.05) is 0 Å². The maximum absolute atomic E-state index is 11.3. The second-order valence-electron chi connectivity index (χ2n) is 3.35. The van der Waals surface area contributed by atoms with Gasteiger partial charge in [0.2, 0.25) is 0 Å². The fourth-order valence-corrected chi connectivity index (χ4v) is 1.18. The van der Waals surface area contributed by atoms with Gasteiger partial charge >= 0.3 is 17.9 Å². The minimum atomic E-state index is -1.43. The number of para-hydroxylation sites is 1. The predicted molar refractivity (Wildman–Crippen MR) is 58.3 cm³/mol. The van der Waals surface area contributed by atoms with Crippen molar-refractivity contribution < 1.29 is 29.0 Å². The Hall–Kier alpha value is -2.37. The highest BCUT2D eigenvalue weighted by molar-refractivity contribution is 5.91. The summed E-state index contributed by atoms with van der Waals surface area (Å²) in [6, 6.07) is 5.63. The molecule has 0 aliphatic rings. The summed E-state index contributed by atoms with van der Waals surface area (Å²) in [5.41, 5.74) is -0.210. The van der Waals surface area contributed by atoms with E-state index in [0.29, 0.717) is 0 Å².